The van der Waals surface area contributed by atoms with Gasteiger partial charge >= 0.3 is 0 Å². The molecule has 0 unspecified atom stereocenters. The molecule has 1 amide bonds. The summed E-state index contributed by atoms with van der Waals surface area (Å²) in [6.07, 6.45) is 1.54. The number of para-hydroxylation sites is 1. The van der Waals surface area contributed by atoms with E-state index in [-0.39, 0.29) is 24.7 Å². The molecule has 172 valence electrons. The number of aryl methyl sites for hydroxylation is 1. The van der Waals surface area contributed by atoms with Crippen LogP contribution in [0, 0.1) is 6.92 Å². The Morgan fingerprint density at radius 3 is 2.30 bits per heavy atom. The first kappa shape index (κ1) is 24.5. The van der Waals surface area contributed by atoms with Crippen molar-refractivity contribution in [3.05, 3.63) is 94.5 Å². The van der Waals surface area contributed by atoms with Gasteiger partial charge < -0.3 is 5.32 Å². The minimum atomic E-state index is -3.51. The van der Waals surface area contributed by atoms with Gasteiger partial charge in [-0.15, -0.1) is 0 Å². The van der Waals surface area contributed by atoms with Crippen molar-refractivity contribution in [3.63, 3.8) is 0 Å². The fourth-order valence-corrected chi connectivity index (χ4v) is 4.66. The molecule has 0 heterocycles. The van der Waals surface area contributed by atoms with Crippen molar-refractivity contribution in [1.29, 1.82) is 0 Å². The molecule has 8 heteroatoms. The normalized spacial score (nSPS) is 11.1. The van der Waals surface area contributed by atoms with Crippen molar-refractivity contribution in [2.75, 3.05) is 22.4 Å². The number of carbonyl (C=O) groups excluding carboxylic acids is 2. The van der Waals surface area contributed by atoms with Gasteiger partial charge in [-0.1, -0.05) is 60.1 Å². The van der Waals surface area contributed by atoms with Gasteiger partial charge in [0.05, 0.1) is 17.6 Å². The summed E-state index contributed by atoms with van der Waals surface area (Å²) in [4.78, 5) is 25.5. The standard InChI is InChI=1S/C25H25ClN2O4S/c1-18-9-6-7-12-23(18)28(33(2,31)32)16-8-13-24(29)27-22-15-14-20(26)17-21(22)25(30)19-10-4-3-5-11-19/h3-7,9-12,14-15,17H,8,13,16H2,1-2H3,(H,27,29). The summed E-state index contributed by atoms with van der Waals surface area (Å²) in [6, 6.07) is 20.6. The van der Waals surface area contributed by atoms with Crippen LogP contribution in [0.1, 0.15) is 34.3 Å². The van der Waals surface area contributed by atoms with E-state index in [1.807, 2.05) is 25.1 Å². The smallest absolute Gasteiger partial charge is 0.232 e. The number of nitrogens with zero attached hydrogens (tertiary/aromatic N) is 1. The number of halogens is 1. The number of nitrogens with one attached hydrogen (secondary N) is 1. The highest BCUT2D eigenvalue weighted by Crippen LogP contribution is 2.25. The molecule has 0 saturated carbocycles. The Kier molecular flexibility index (Phi) is 7.89. The molecule has 0 fully saturated rings. The molecule has 3 rings (SSSR count). The van der Waals surface area contributed by atoms with Gasteiger partial charge in [-0.2, -0.15) is 0 Å². The minimum absolute atomic E-state index is 0.0828. The number of benzene rings is 3. The average molecular weight is 485 g/mol. The first-order chi connectivity index (χ1) is 15.7. The summed E-state index contributed by atoms with van der Waals surface area (Å²) in [7, 11) is -3.51. The van der Waals surface area contributed by atoms with E-state index in [4.69, 9.17) is 11.6 Å². The lowest BCUT2D eigenvalue weighted by atomic mass is 10.0. The maximum atomic E-state index is 12.9. The highest BCUT2D eigenvalue weighted by atomic mass is 35.5. The van der Waals surface area contributed by atoms with E-state index >= 15 is 0 Å². The molecule has 1 N–H and O–H groups in total. The van der Waals surface area contributed by atoms with Crippen molar-refractivity contribution in [2.45, 2.75) is 19.8 Å². The van der Waals surface area contributed by atoms with E-state index < -0.39 is 10.0 Å². The molecule has 0 aliphatic heterocycles. The van der Waals surface area contributed by atoms with E-state index in [0.717, 1.165) is 11.8 Å². The lowest BCUT2D eigenvalue weighted by molar-refractivity contribution is -0.116. The molecular weight excluding hydrogens is 460 g/mol. The third-order valence-corrected chi connectivity index (χ3v) is 6.50. The second kappa shape index (κ2) is 10.6. The van der Waals surface area contributed by atoms with Crippen LogP contribution >= 0.6 is 11.6 Å². The predicted molar refractivity (Wildman–Crippen MR) is 133 cm³/mol. The Morgan fingerprint density at radius 2 is 1.64 bits per heavy atom. The molecule has 6 nitrogen and oxygen atoms in total. The quantitative estimate of drug-likeness (QED) is 0.430. The van der Waals surface area contributed by atoms with Gasteiger partial charge in [0.25, 0.3) is 0 Å². The average Bonchev–Trinajstić information content (AvgIpc) is 2.78. The summed E-state index contributed by atoms with van der Waals surface area (Å²) in [5.74, 6) is -0.575. The van der Waals surface area contributed by atoms with E-state index in [1.165, 1.54) is 10.4 Å². The van der Waals surface area contributed by atoms with Crippen LogP contribution in [0.15, 0.2) is 72.8 Å². The Morgan fingerprint density at radius 1 is 0.970 bits per heavy atom. The van der Waals surface area contributed by atoms with E-state index in [1.54, 1.807) is 48.5 Å². The maximum Gasteiger partial charge on any atom is 0.232 e. The number of anilines is 2. The fourth-order valence-electron chi connectivity index (χ4n) is 3.46. The second-order valence-electron chi connectivity index (χ2n) is 7.66. The van der Waals surface area contributed by atoms with Crippen LogP contribution in [0.3, 0.4) is 0 Å². The third-order valence-electron chi connectivity index (χ3n) is 5.09. The molecule has 3 aromatic rings. The highest BCUT2D eigenvalue weighted by Gasteiger charge is 2.20. The molecule has 0 aromatic heterocycles. The van der Waals surface area contributed by atoms with Gasteiger partial charge in [0.1, 0.15) is 0 Å². The van der Waals surface area contributed by atoms with Crippen molar-refractivity contribution < 1.29 is 18.0 Å². The number of hydrogen-bond acceptors (Lipinski definition) is 4. The van der Waals surface area contributed by atoms with Crippen LogP contribution in [0.2, 0.25) is 5.02 Å². The predicted octanol–water partition coefficient (Wildman–Crippen LogP) is 5.06. The molecule has 0 atom stereocenters. The molecule has 0 aliphatic rings. The maximum absolute atomic E-state index is 12.9. The number of ketones is 1. The van der Waals surface area contributed by atoms with Crippen molar-refractivity contribution in [2.24, 2.45) is 0 Å². The number of amides is 1. The zero-order valence-corrected chi connectivity index (χ0v) is 20.0. The largest absolute Gasteiger partial charge is 0.325 e. The van der Waals surface area contributed by atoms with Gasteiger partial charge in [-0.05, 0) is 43.2 Å². The monoisotopic (exact) mass is 484 g/mol. The Balaban J connectivity index is 1.70. The second-order valence-corrected chi connectivity index (χ2v) is 10.0. The number of carbonyl (C=O) groups is 2. The van der Waals surface area contributed by atoms with E-state index in [0.29, 0.717) is 33.9 Å². The van der Waals surface area contributed by atoms with Crippen LogP contribution < -0.4 is 9.62 Å². The molecule has 33 heavy (non-hydrogen) atoms. The molecule has 0 spiro atoms. The number of rotatable bonds is 9. The lowest BCUT2D eigenvalue weighted by Gasteiger charge is -2.24. The summed E-state index contributed by atoms with van der Waals surface area (Å²) < 4.78 is 25.9. The summed E-state index contributed by atoms with van der Waals surface area (Å²) in [6.45, 7) is 2.00. The zero-order valence-electron chi connectivity index (χ0n) is 18.4. The van der Waals surface area contributed by atoms with Crippen LogP contribution in [0.5, 0.6) is 0 Å². The molecule has 0 radical (unpaired) electrons. The lowest BCUT2D eigenvalue weighted by Crippen LogP contribution is -2.32. The topological polar surface area (TPSA) is 83.6 Å². The van der Waals surface area contributed by atoms with Crippen LogP contribution in [0.25, 0.3) is 0 Å². The molecule has 0 saturated heterocycles. The third kappa shape index (κ3) is 6.43. The SMILES string of the molecule is Cc1ccccc1N(CCCC(=O)Nc1ccc(Cl)cc1C(=O)c1ccccc1)S(C)(=O)=O. The molecular formula is C25H25ClN2O4S. The molecule has 0 aliphatic carbocycles. The van der Waals surface area contributed by atoms with Crippen LogP contribution in [0.4, 0.5) is 11.4 Å². The summed E-state index contributed by atoms with van der Waals surface area (Å²) in [5, 5.41) is 3.15. The first-order valence-electron chi connectivity index (χ1n) is 10.4. The van der Waals surface area contributed by atoms with Gasteiger partial charge in [0.15, 0.2) is 5.78 Å². The van der Waals surface area contributed by atoms with Crippen molar-refractivity contribution in [3.8, 4) is 0 Å². The van der Waals surface area contributed by atoms with E-state index in [9.17, 15) is 18.0 Å². The van der Waals surface area contributed by atoms with Gasteiger partial charge in [0.2, 0.25) is 15.9 Å². The van der Waals surface area contributed by atoms with Gasteiger partial charge in [-0.25, -0.2) is 8.42 Å². The van der Waals surface area contributed by atoms with Crippen molar-refractivity contribution >= 4 is 44.7 Å². The Bertz CT molecular complexity index is 1260. The summed E-state index contributed by atoms with van der Waals surface area (Å²) in [5.41, 5.74) is 2.56. The highest BCUT2D eigenvalue weighted by molar-refractivity contribution is 7.92. The minimum Gasteiger partial charge on any atom is -0.325 e. The number of hydrogen-bond donors (Lipinski definition) is 1. The van der Waals surface area contributed by atoms with Gasteiger partial charge in [0, 0.05) is 29.1 Å². The first-order valence-corrected chi connectivity index (χ1v) is 12.6. The molecule has 0 bridgehead atoms. The van der Waals surface area contributed by atoms with Crippen LogP contribution in [-0.2, 0) is 14.8 Å². The van der Waals surface area contributed by atoms with Crippen LogP contribution in [-0.4, -0.2) is 32.9 Å². The Hall–Kier alpha value is -3.16. The van der Waals surface area contributed by atoms with E-state index in [2.05, 4.69) is 5.32 Å². The Labute approximate surface area is 199 Å². The van der Waals surface area contributed by atoms with Gasteiger partial charge in [-0.3, -0.25) is 13.9 Å². The van der Waals surface area contributed by atoms with Crippen molar-refractivity contribution in [1.82, 2.24) is 0 Å². The number of sulfonamides is 1. The molecule has 3 aromatic carbocycles. The fraction of sp³-hybridized carbons (Fsp3) is 0.200. The summed E-state index contributed by atoms with van der Waals surface area (Å²) >= 11 is 6.09. The zero-order chi connectivity index (χ0) is 24.0.